The molecule has 0 spiro atoms. The number of hydrogen-bond acceptors (Lipinski definition) is 2. The summed E-state index contributed by atoms with van der Waals surface area (Å²) in [5.74, 6) is 0. The molecule has 0 fully saturated rings. The molecule has 1 rings (SSSR count). The van der Waals surface area contributed by atoms with Gasteiger partial charge in [-0.05, 0) is 0 Å². The molecule has 0 aromatic carbocycles. The lowest BCUT2D eigenvalue weighted by atomic mass is 11.9. The molecule has 0 unspecified atom stereocenters. The average molecular weight is 500 g/mol. The maximum atomic E-state index is 10.5. The van der Waals surface area contributed by atoms with E-state index in [0.29, 0.717) is 0.848 Å². The van der Waals surface area contributed by atoms with Gasteiger partial charge in [0, 0.05) is 4.04 Å². The van der Waals surface area contributed by atoms with Crippen LogP contribution in [0.25, 0.3) is 0 Å². The van der Waals surface area contributed by atoms with E-state index in [1.807, 2.05) is 0 Å². The summed E-state index contributed by atoms with van der Waals surface area (Å²) in [6.45, 7) is 0. The quantitative estimate of drug-likeness (QED) is 0.438. The summed E-state index contributed by atoms with van der Waals surface area (Å²) in [4.78, 5) is 0. The number of hydrogen-bond donors (Lipinski definition) is 1. The van der Waals surface area contributed by atoms with E-state index in [2.05, 4.69) is 4.04 Å². The van der Waals surface area contributed by atoms with Crippen LogP contribution in [0.1, 0.15) is 0 Å². The largest absolute Gasteiger partial charge is 0.305 e. The highest BCUT2D eigenvalue weighted by atomic mass is 127. The third kappa shape index (κ3) is 2.98. The molecule has 0 aromatic rings. The molecule has 3 nitrogen and oxygen atoms in total. The zero-order valence-corrected chi connectivity index (χ0v) is 11.7. The minimum absolute atomic E-state index is 0.0906. The molecule has 0 aromatic heterocycles. The van der Waals surface area contributed by atoms with Gasteiger partial charge in [0.25, 0.3) is 0 Å². The molecular formula is C3H3I3O3S. The van der Waals surface area contributed by atoms with Crippen LogP contribution in [0.15, 0.2) is 0 Å². The number of halogens is 3. The van der Waals surface area contributed by atoms with Crippen molar-refractivity contribution in [2.75, 3.05) is 0 Å². The van der Waals surface area contributed by atoms with E-state index in [1.54, 1.807) is 0 Å². The Labute approximate surface area is 88.6 Å². The summed E-state index contributed by atoms with van der Waals surface area (Å²) in [6, 6.07) is 0. The molecule has 10 heavy (non-hydrogen) atoms. The fourth-order valence-electron chi connectivity index (χ4n) is 0.267. The van der Waals surface area contributed by atoms with Crippen molar-refractivity contribution in [2.45, 2.75) is 0 Å². The molecule has 1 aliphatic heterocycles. The van der Waals surface area contributed by atoms with Gasteiger partial charge in [0.15, 0.2) is 0.848 Å². The van der Waals surface area contributed by atoms with Crippen molar-refractivity contribution in [1.29, 1.82) is 0 Å². The van der Waals surface area contributed by atoms with Crippen LogP contribution in [0, 0.1) is 0 Å². The monoisotopic (exact) mass is 500 g/mol. The first-order valence-corrected chi connectivity index (χ1v) is 10.6. The van der Waals surface area contributed by atoms with Crippen LogP contribution in [0.3, 0.4) is 0 Å². The van der Waals surface area contributed by atoms with Crippen LogP contribution >= 0.6 is 62.2 Å². The summed E-state index contributed by atoms with van der Waals surface area (Å²) in [7, 11) is -3.76. The first-order valence-electron chi connectivity index (χ1n) is 1.97. The van der Waals surface area contributed by atoms with Crippen LogP contribution in [-0.2, 0) is 10.1 Å². The Hall–Kier alpha value is 1.71. The van der Waals surface area contributed by atoms with Gasteiger partial charge >= 0.3 is 10.1 Å². The molecule has 0 atom stereocenters. The minimum Gasteiger partial charge on any atom is -0.281 e. The molecule has 1 heterocycles. The van der Waals surface area contributed by atoms with E-state index in [9.17, 15) is 8.42 Å². The first-order chi connectivity index (χ1) is 4.61. The highest BCUT2D eigenvalue weighted by molar-refractivity contribution is 14.3. The van der Waals surface area contributed by atoms with Gasteiger partial charge < -0.3 is 0 Å². The second-order valence-corrected chi connectivity index (χ2v) is 17.5. The van der Waals surface area contributed by atoms with Gasteiger partial charge in [0.2, 0.25) is 0 Å². The normalized spacial score (nSPS) is 19.5. The van der Waals surface area contributed by atoms with Crippen molar-refractivity contribution in [2.24, 2.45) is 0 Å². The second kappa shape index (κ2) is 4.09. The Morgan fingerprint density at radius 2 is 2.10 bits per heavy atom. The van der Waals surface area contributed by atoms with Gasteiger partial charge in [-0.1, -0.05) is 62.2 Å². The molecule has 0 saturated heterocycles. The van der Waals surface area contributed by atoms with Crippen LogP contribution < -0.4 is 0 Å². The highest BCUT2D eigenvalue weighted by Gasteiger charge is 2.11. The van der Waals surface area contributed by atoms with Gasteiger partial charge in [-0.25, -0.2) is 0 Å². The lowest BCUT2D eigenvalue weighted by molar-refractivity contribution is 0.500. The molecule has 60 valence electrons. The highest BCUT2D eigenvalue weighted by Crippen LogP contribution is 2.22. The van der Waals surface area contributed by atoms with E-state index in [4.69, 9.17) is 4.55 Å². The fraction of sp³-hybridized carbons (Fsp3) is 0. The lowest BCUT2D eigenvalue weighted by Crippen LogP contribution is -2.04. The number of rotatable bonds is 1. The van der Waals surface area contributed by atoms with Gasteiger partial charge in [0.1, 0.15) is 0 Å². The Kier molecular flexibility index (Phi) is 4.01. The van der Waals surface area contributed by atoms with Crippen molar-refractivity contribution in [1.82, 2.24) is 0 Å². The van der Waals surface area contributed by atoms with Crippen molar-refractivity contribution in [3.63, 3.8) is 0 Å². The zero-order valence-electron chi connectivity index (χ0n) is 4.46. The third-order valence-corrected chi connectivity index (χ3v) is 17.4. The SMILES string of the molecule is O=S(=O)(O)C1=IC=IC=I1. The van der Waals surface area contributed by atoms with Gasteiger partial charge in [0.05, 0.1) is 0 Å². The van der Waals surface area contributed by atoms with Crippen LogP contribution in [0.2, 0.25) is 0 Å². The van der Waals surface area contributed by atoms with Gasteiger partial charge in [-0.2, -0.15) is 8.42 Å². The van der Waals surface area contributed by atoms with Crippen molar-refractivity contribution in [3.8, 4) is 0 Å². The molecule has 0 radical (unpaired) electrons. The zero-order chi connectivity index (χ0) is 7.61. The molecule has 0 saturated carbocycles. The van der Waals surface area contributed by atoms with E-state index in [1.165, 1.54) is 0 Å². The molecule has 0 aliphatic carbocycles. The molecule has 0 bridgehead atoms. The Morgan fingerprint density at radius 3 is 2.40 bits per heavy atom. The topological polar surface area (TPSA) is 54.4 Å². The van der Waals surface area contributed by atoms with Crippen LogP contribution in [-0.4, -0.2) is 17.9 Å². The molecule has 7 heteroatoms. The molecule has 1 N–H and O–H groups in total. The predicted molar refractivity (Wildman–Crippen MR) is 70.7 cm³/mol. The van der Waals surface area contributed by atoms with Crippen molar-refractivity contribution >= 4 is 77.2 Å². The maximum Gasteiger partial charge on any atom is 0.305 e. The second-order valence-electron chi connectivity index (χ2n) is 1.21. The first kappa shape index (κ1) is 9.80. The van der Waals surface area contributed by atoms with E-state index >= 15 is 0 Å². The maximum absolute atomic E-state index is 10.5. The van der Waals surface area contributed by atoms with Gasteiger partial charge in [-0.3, -0.25) is 4.55 Å². The standard InChI is InChI=1S/C3H3I3O3S/c7-10(8,9)3-5-1-4-2-6-3/h1-2H,(H,7,8,9). The smallest absolute Gasteiger partial charge is 0.281 e. The summed E-state index contributed by atoms with van der Waals surface area (Å²) in [5, 5.41) is 0. The summed E-state index contributed by atoms with van der Waals surface area (Å²) in [5.41, 5.74) is 0. The van der Waals surface area contributed by atoms with Crippen LogP contribution in [0.5, 0.6) is 0 Å². The summed E-state index contributed by atoms with van der Waals surface area (Å²) >= 11 is -0.751. The average Bonchev–Trinajstić information content (AvgIpc) is 1.88. The van der Waals surface area contributed by atoms with E-state index in [0.717, 1.165) is 0 Å². The molecular weight excluding hydrogens is 497 g/mol. The van der Waals surface area contributed by atoms with E-state index < -0.39 is 51.6 Å². The summed E-state index contributed by atoms with van der Waals surface area (Å²) < 4.78 is 34.3. The van der Waals surface area contributed by atoms with E-state index in [-0.39, 0.29) is 20.7 Å². The predicted octanol–water partition coefficient (Wildman–Crippen LogP) is 1.41. The molecule has 0 amide bonds. The minimum atomic E-state index is -3.76. The lowest BCUT2D eigenvalue weighted by Gasteiger charge is -1.94. The Morgan fingerprint density at radius 1 is 1.40 bits per heavy atom. The van der Waals surface area contributed by atoms with Crippen LogP contribution in [0.4, 0.5) is 0 Å². The Bertz CT molecular complexity index is 312. The summed E-state index contributed by atoms with van der Waals surface area (Å²) in [6.07, 6.45) is 0. The fourth-order valence-corrected chi connectivity index (χ4v) is 24.9. The van der Waals surface area contributed by atoms with Crippen molar-refractivity contribution < 1.29 is 13.0 Å². The molecule has 1 aliphatic rings. The van der Waals surface area contributed by atoms with Crippen molar-refractivity contribution in [3.05, 3.63) is 0 Å². The van der Waals surface area contributed by atoms with Gasteiger partial charge in [-0.15, -0.1) is 0 Å². The third-order valence-electron chi connectivity index (χ3n) is 0.544. The Balaban J connectivity index is 3.08.